The van der Waals surface area contributed by atoms with E-state index in [0.717, 1.165) is 14.7 Å². The van der Waals surface area contributed by atoms with Crippen LogP contribution in [0.15, 0.2) is 78.9 Å². The lowest BCUT2D eigenvalue weighted by atomic mass is 10.1. The van der Waals surface area contributed by atoms with Gasteiger partial charge in [0.05, 0.1) is 6.42 Å². The van der Waals surface area contributed by atoms with E-state index in [9.17, 15) is 9.59 Å². The number of rotatable bonds is 9. The average Bonchev–Trinajstić information content (AvgIpc) is 3.07. The molecule has 180 valence electrons. The van der Waals surface area contributed by atoms with Crippen LogP contribution in [0.4, 0.5) is 5.69 Å². The third kappa shape index (κ3) is 6.80. The highest BCUT2D eigenvalue weighted by Gasteiger charge is 2.42. The van der Waals surface area contributed by atoms with Crippen LogP contribution in [0.25, 0.3) is 0 Å². The highest BCUT2D eigenvalue weighted by Crippen LogP contribution is 2.23. The number of nitrogens with one attached hydrogen (secondary N) is 1. The molecule has 0 aliphatic carbocycles. The normalized spacial score (nSPS) is 15.5. The summed E-state index contributed by atoms with van der Waals surface area (Å²) in [6, 6.07) is 24.6. The number of hydrogen-bond acceptors (Lipinski definition) is 3. The van der Waals surface area contributed by atoms with Crippen molar-refractivity contribution in [2.45, 2.75) is 25.3 Å². The first-order chi connectivity index (χ1) is 16.9. The van der Waals surface area contributed by atoms with Crippen molar-refractivity contribution in [2.24, 2.45) is 0 Å². The Labute approximate surface area is 229 Å². The minimum atomic E-state index is -0.630. The zero-order valence-electron chi connectivity index (χ0n) is 19.0. The largest absolute Gasteiger partial charge is 0.336 e. The summed E-state index contributed by atoms with van der Waals surface area (Å²) in [5.74, 6) is -0.339. The average molecular weight is 618 g/mol. The first-order valence-corrected chi connectivity index (χ1v) is 13.2. The van der Waals surface area contributed by atoms with Crippen molar-refractivity contribution >= 4 is 69.0 Å². The second-order valence-electron chi connectivity index (χ2n) is 8.35. The van der Waals surface area contributed by atoms with Gasteiger partial charge in [0.25, 0.3) is 5.91 Å². The van der Waals surface area contributed by atoms with Gasteiger partial charge in [-0.2, -0.15) is 0 Å². The molecule has 1 unspecified atom stereocenters. The van der Waals surface area contributed by atoms with Gasteiger partial charge in [-0.25, -0.2) is 0 Å². The molecule has 1 fully saturated rings. The van der Waals surface area contributed by atoms with E-state index in [4.69, 9.17) is 23.8 Å². The molecule has 0 aromatic heterocycles. The number of halogens is 2. The third-order valence-electron chi connectivity index (χ3n) is 5.93. The molecule has 35 heavy (non-hydrogen) atoms. The van der Waals surface area contributed by atoms with Crippen LogP contribution in [0.1, 0.15) is 17.5 Å². The van der Waals surface area contributed by atoms with Gasteiger partial charge in [0.2, 0.25) is 5.91 Å². The summed E-state index contributed by atoms with van der Waals surface area (Å²) in [6.07, 6.45) is 1.42. The SMILES string of the molecule is O=C(CC1C(=O)N(CCc2ccccc2)C(=S)N1CCc1ccc(Cl)cc1)Nc1ccc(I)cc1. The van der Waals surface area contributed by atoms with Crippen LogP contribution in [0.2, 0.25) is 5.02 Å². The molecule has 5 nitrogen and oxygen atoms in total. The van der Waals surface area contributed by atoms with Crippen molar-refractivity contribution in [3.05, 3.63) is 98.6 Å². The van der Waals surface area contributed by atoms with Crippen molar-refractivity contribution < 1.29 is 9.59 Å². The maximum Gasteiger partial charge on any atom is 0.252 e. The minimum Gasteiger partial charge on any atom is -0.336 e. The predicted octanol–water partition coefficient (Wildman–Crippen LogP) is 5.56. The second kappa shape index (κ2) is 12.0. The number of benzene rings is 3. The van der Waals surface area contributed by atoms with Crippen molar-refractivity contribution in [1.29, 1.82) is 0 Å². The van der Waals surface area contributed by atoms with Crippen LogP contribution in [0, 0.1) is 3.57 Å². The first kappa shape index (κ1) is 25.6. The minimum absolute atomic E-state index is 0.0351. The van der Waals surface area contributed by atoms with E-state index >= 15 is 0 Å². The van der Waals surface area contributed by atoms with Gasteiger partial charge >= 0.3 is 0 Å². The number of hydrogen-bond donors (Lipinski definition) is 1. The summed E-state index contributed by atoms with van der Waals surface area (Å²) in [6.45, 7) is 1.02. The molecule has 8 heteroatoms. The lowest BCUT2D eigenvalue weighted by molar-refractivity contribution is -0.130. The van der Waals surface area contributed by atoms with Crippen LogP contribution in [-0.2, 0) is 22.4 Å². The lowest BCUT2D eigenvalue weighted by Gasteiger charge is -2.24. The van der Waals surface area contributed by atoms with E-state index in [2.05, 4.69) is 27.9 Å². The molecule has 2 amide bonds. The Morgan fingerprint density at radius 3 is 2.23 bits per heavy atom. The molecule has 0 bridgehead atoms. The molecular weight excluding hydrogens is 593 g/mol. The van der Waals surface area contributed by atoms with Gasteiger partial charge in [-0.05, 0) is 95.2 Å². The number of amides is 2. The van der Waals surface area contributed by atoms with Crippen LogP contribution in [0.3, 0.4) is 0 Å². The number of anilines is 1. The van der Waals surface area contributed by atoms with Gasteiger partial charge in [-0.15, -0.1) is 0 Å². The Kier molecular flexibility index (Phi) is 8.75. The molecule has 1 heterocycles. The molecule has 3 aromatic carbocycles. The topological polar surface area (TPSA) is 52.7 Å². The highest BCUT2D eigenvalue weighted by molar-refractivity contribution is 14.1. The van der Waals surface area contributed by atoms with Gasteiger partial charge in [0.1, 0.15) is 6.04 Å². The summed E-state index contributed by atoms with van der Waals surface area (Å²) in [7, 11) is 0. The third-order valence-corrected chi connectivity index (χ3v) is 7.36. The summed E-state index contributed by atoms with van der Waals surface area (Å²) in [4.78, 5) is 29.9. The lowest BCUT2D eigenvalue weighted by Crippen LogP contribution is -2.39. The summed E-state index contributed by atoms with van der Waals surface area (Å²) >= 11 is 14.0. The Morgan fingerprint density at radius 2 is 1.54 bits per heavy atom. The predicted molar refractivity (Wildman–Crippen MR) is 153 cm³/mol. The number of thiocarbonyl (C=S) groups is 1. The summed E-state index contributed by atoms with van der Waals surface area (Å²) in [5.41, 5.74) is 2.93. The molecule has 0 saturated carbocycles. The highest BCUT2D eigenvalue weighted by atomic mass is 127. The Hall–Kier alpha value is -2.49. The maximum atomic E-state index is 13.4. The Morgan fingerprint density at radius 1 is 0.914 bits per heavy atom. The van der Waals surface area contributed by atoms with E-state index < -0.39 is 6.04 Å². The van der Waals surface area contributed by atoms with Gasteiger partial charge in [0.15, 0.2) is 5.11 Å². The van der Waals surface area contributed by atoms with Crippen LogP contribution >= 0.6 is 46.4 Å². The zero-order chi connectivity index (χ0) is 24.8. The molecule has 1 N–H and O–H groups in total. The molecule has 0 radical (unpaired) electrons. The maximum absolute atomic E-state index is 13.4. The van der Waals surface area contributed by atoms with E-state index in [1.54, 1.807) is 4.90 Å². The molecule has 1 aliphatic heterocycles. The molecule has 1 aliphatic rings. The molecule has 3 aromatic rings. The number of carbonyl (C=O) groups is 2. The molecular formula is C27H25ClIN3O2S. The second-order valence-corrected chi connectivity index (χ2v) is 10.4. The van der Waals surface area contributed by atoms with Crippen molar-refractivity contribution in [2.75, 3.05) is 18.4 Å². The van der Waals surface area contributed by atoms with E-state index in [-0.39, 0.29) is 18.2 Å². The molecule has 1 atom stereocenters. The van der Waals surface area contributed by atoms with Gasteiger partial charge in [0, 0.05) is 27.4 Å². The van der Waals surface area contributed by atoms with Gasteiger partial charge in [-0.1, -0.05) is 54.1 Å². The van der Waals surface area contributed by atoms with Crippen LogP contribution in [-0.4, -0.2) is 45.9 Å². The molecule has 4 rings (SSSR count). The smallest absolute Gasteiger partial charge is 0.252 e. The molecule has 0 spiro atoms. The van der Waals surface area contributed by atoms with E-state index in [1.807, 2.05) is 83.8 Å². The van der Waals surface area contributed by atoms with Crippen LogP contribution < -0.4 is 5.32 Å². The monoisotopic (exact) mass is 617 g/mol. The fraction of sp³-hybridized carbons (Fsp3) is 0.222. The van der Waals surface area contributed by atoms with Crippen LogP contribution in [0.5, 0.6) is 0 Å². The molecule has 1 saturated heterocycles. The standard InChI is InChI=1S/C27H25ClIN3O2S/c28-21-8-6-20(7-9-21)14-16-31-24(18-25(33)30-23-12-10-22(29)11-13-23)26(34)32(27(31)35)17-15-19-4-2-1-3-5-19/h1-13,24H,14-18H2,(H,30,33). The van der Waals surface area contributed by atoms with Gasteiger partial charge in [-0.3, -0.25) is 14.5 Å². The van der Waals surface area contributed by atoms with Gasteiger partial charge < -0.3 is 10.2 Å². The van der Waals surface area contributed by atoms with E-state index in [1.165, 1.54) is 0 Å². The fourth-order valence-corrected chi connectivity index (χ4v) is 4.94. The Bertz CT molecular complexity index is 1190. The summed E-state index contributed by atoms with van der Waals surface area (Å²) in [5, 5.41) is 4.06. The van der Waals surface area contributed by atoms with Crippen molar-refractivity contribution in [3.63, 3.8) is 0 Å². The van der Waals surface area contributed by atoms with Crippen molar-refractivity contribution in [3.8, 4) is 0 Å². The Balaban J connectivity index is 1.47. The quantitative estimate of drug-likeness (QED) is 0.253. The van der Waals surface area contributed by atoms with E-state index in [0.29, 0.717) is 41.8 Å². The fourth-order valence-electron chi connectivity index (χ4n) is 4.06. The number of carbonyl (C=O) groups excluding carboxylic acids is 2. The summed E-state index contributed by atoms with van der Waals surface area (Å²) < 4.78 is 1.08. The van der Waals surface area contributed by atoms with Crippen molar-refractivity contribution in [1.82, 2.24) is 9.80 Å². The number of nitrogens with zero attached hydrogens (tertiary/aromatic N) is 2. The zero-order valence-corrected chi connectivity index (χ0v) is 22.7. The first-order valence-electron chi connectivity index (χ1n) is 11.4.